The van der Waals surface area contributed by atoms with E-state index in [4.69, 9.17) is 23.2 Å². The number of nitrogens with zero attached hydrogens (tertiary/aromatic N) is 1. The Morgan fingerprint density at radius 3 is 2.60 bits per heavy atom. The molecule has 1 heterocycles. The number of hydrogen-bond acceptors (Lipinski definition) is 4. The van der Waals surface area contributed by atoms with Crippen LogP contribution in [0.1, 0.15) is 21.7 Å². The molecule has 7 heteroatoms. The number of hydrogen-bond donors (Lipinski definition) is 1. The summed E-state index contributed by atoms with van der Waals surface area (Å²) >= 11 is 12.1. The minimum absolute atomic E-state index is 0.205. The molecular formula is C18H12Cl2N2O3. The standard InChI is InChI=1S/C18H12Cl2N2O3/c1-25-18(24)11-4-7-13-15(9-11)21-16(22-17(13)23)14(20)8-10-2-5-12(19)6-3-10/h2-9H,1H3,(H,21,22,23). The summed E-state index contributed by atoms with van der Waals surface area (Å²) in [6.45, 7) is 0. The van der Waals surface area contributed by atoms with E-state index in [1.165, 1.54) is 25.3 Å². The Hall–Kier alpha value is -2.63. The summed E-state index contributed by atoms with van der Waals surface area (Å²) in [5.41, 5.74) is 1.11. The number of fused-ring (bicyclic) bond motifs is 1. The number of halogens is 2. The van der Waals surface area contributed by atoms with Crippen LogP contribution in [0.5, 0.6) is 0 Å². The molecule has 5 nitrogen and oxygen atoms in total. The van der Waals surface area contributed by atoms with Gasteiger partial charge in [0.1, 0.15) is 0 Å². The van der Waals surface area contributed by atoms with Crippen LogP contribution in [0.15, 0.2) is 47.3 Å². The third kappa shape index (κ3) is 3.73. The average molecular weight is 375 g/mol. The van der Waals surface area contributed by atoms with Crippen LogP contribution in [0.25, 0.3) is 22.0 Å². The number of aromatic amines is 1. The van der Waals surface area contributed by atoms with E-state index in [1.807, 2.05) is 0 Å². The van der Waals surface area contributed by atoms with Gasteiger partial charge in [0.15, 0.2) is 5.82 Å². The molecule has 0 radical (unpaired) electrons. The summed E-state index contributed by atoms with van der Waals surface area (Å²) in [6, 6.07) is 11.6. The Kier molecular flexibility index (Phi) is 4.88. The highest BCUT2D eigenvalue weighted by atomic mass is 35.5. The maximum absolute atomic E-state index is 12.2. The number of rotatable bonds is 3. The molecule has 0 amide bonds. The number of carbonyl (C=O) groups excluding carboxylic acids is 1. The van der Waals surface area contributed by atoms with Gasteiger partial charge in [0.05, 0.1) is 28.6 Å². The summed E-state index contributed by atoms with van der Waals surface area (Å²) in [7, 11) is 1.29. The SMILES string of the molecule is COC(=O)c1ccc2c(=O)[nH]c(C(Cl)=Cc3ccc(Cl)cc3)nc2c1. The minimum Gasteiger partial charge on any atom is -0.465 e. The number of nitrogens with one attached hydrogen (secondary N) is 1. The van der Waals surface area contributed by atoms with Gasteiger partial charge in [0, 0.05) is 5.02 Å². The molecule has 3 aromatic rings. The fraction of sp³-hybridized carbons (Fsp3) is 0.0556. The zero-order valence-electron chi connectivity index (χ0n) is 13.0. The zero-order valence-corrected chi connectivity index (χ0v) is 14.6. The zero-order chi connectivity index (χ0) is 18.0. The van der Waals surface area contributed by atoms with Crippen LogP contribution in [-0.4, -0.2) is 23.0 Å². The van der Waals surface area contributed by atoms with E-state index in [2.05, 4.69) is 14.7 Å². The largest absolute Gasteiger partial charge is 0.465 e. The lowest BCUT2D eigenvalue weighted by molar-refractivity contribution is 0.0601. The van der Waals surface area contributed by atoms with Crippen LogP contribution >= 0.6 is 23.2 Å². The van der Waals surface area contributed by atoms with Gasteiger partial charge in [-0.2, -0.15) is 0 Å². The molecule has 0 bridgehead atoms. The topological polar surface area (TPSA) is 72.1 Å². The lowest BCUT2D eigenvalue weighted by atomic mass is 10.1. The first-order chi connectivity index (χ1) is 12.0. The van der Waals surface area contributed by atoms with Crippen molar-refractivity contribution in [1.29, 1.82) is 0 Å². The van der Waals surface area contributed by atoms with Crippen LogP contribution in [0, 0.1) is 0 Å². The summed E-state index contributed by atoms with van der Waals surface area (Å²) in [6.07, 6.45) is 1.66. The van der Waals surface area contributed by atoms with Crippen molar-refractivity contribution < 1.29 is 9.53 Å². The van der Waals surface area contributed by atoms with Crippen molar-refractivity contribution >= 4 is 51.2 Å². The third-order valence-corrected chi connectivity index (χ3v) is 4.06. The molecule has 2 aromatic carbocycles. The van der Waals surface area contributed by atoms with Crippen molar-refractivity contribution in [3.8, 4) is 0 Å². The van der Waals surface area contributed by atoms with Crippen molar-refractivity contribution in [3.05, 3.63) is 74.8 Å². The summed E-state index contributed by atoms with van der Waals surface area (Å²) < 4.78 is 4.68. The molecule has 0 saturated carbocycles. The summed E-state index contributed by atoms with van der Waals surface area (Å²) in [5.74, 6) is -0.301. The Bertz CT molecular complexity index is 1040. The molecule has 0 fully saturated rings. The fourth-order valence-electron chi connectivity index (χ4n) is 2.27. The molecule has 126 valence electrons. The lowest BCUT2D eigenvalue weighted by Crippen LogP contribution is -2.11. The van der Waals surface area contributed by atoms with Gasteiger partial charge in [-0.3, -0.25) is 4.79 Å². The third-order valence-electron chi connectivity index (χ3n) is 3.52. The second-order valence-electron chi connectivity index (χ2n) is 5.18. The molecule has 0 unspecified atom stereocenters. The van der Waals surface area contributed by atoms with Gasteiger partial charge in [0.25, 0.3) is 5.56 Å². The normalized spacial score (nSPS) is 11.6. The first kappa shape index (κ1) is 17.2. The van der Waals surface area contributed by atoms with E-state index in [9.17, 15) is 9.59 Å². The quantitative estimate of drug-likeness (QED) is 0.700. The molecule has 3 rings (SSSR count). The van der Waals surface area contributed by atoms with Crippen LogP contribution in [0.2, 0.25) is 5.02 Å². The van der Waals surface area contributed by atoms with E-state index in [-0.39, 0.29) is 16.4 Å². The predicted octanol–water partition coefficient (Wildman–Crippen LogP) is 4.10. The number of esters is 1. The second kappa shape index (κ2) is 7.09. The molecule has 0 aliphatic rings. The van der Waals surface area contributed by atoms with Crippen molar-refractivity contribution in [1.82, 2.24) is 9.97 Å². The van der Waals surface area contributed by atoms with Crippen LogP contribution in [0.4, 0.5) is 0 Å². The van der Waals surface area contributed by atoms with Gasteiger partial charge in [-0.15, -0.1) is 0 Å². The van der Waals surface area contributed by atoms with Gasteiger partial charge >= 0.3 is 5.97 Å². The monoisotopic (exact) mass is 374 g/mol. The van der Waals surface area contributed by atoms with Gasteiger partial charge in [-0.1, -0.05) is 35.3 Å². The fourth-order valence-corrected chi connectivity index (χ4v) is 2.61. The number of carbonyl (C=O) groups is 1. The van der Waals surface area contributed by atoms with Gasteiger partial charge in [-0.25, -0.2) is 9.78 Å². The number of aromatic nitrogens is 2. The minimum atomic E-state index is -0.506. The van der Waals surface area contributed by atoms with E-state index < -0.39 is 5.97 Å². The molecule has 0 aliphatic carbocycles. The first-order valence-electron chi connectivity index (χ1n) is 7.23. The Morgan fingerprint density at radius 1 is 1.20 bits per heavy atom. The van der Waals surface area contributed by atoms with E-state index >= 15 is 0 Å². The van der Waals surface area contributed by atoms with Crippen molar-refractivity contribution in [3.63, 3.8) is 0 Å². The Balaban J connectivity index is 2.08. The van der Waals surface area contributed by atoms with Crippen LogP contribution in [0.3, 0.4) is 0 Å². The molecule has 0 aliphatic heterocycles. The van der Waals surface area contributed by atoms with Gasteiger partial charge < -0.3 is 9.72 Å². The predicted molar refractivity (Wildman–Crippen MR) is 98.9 cm³/mol. The molecule has 1 aromatic heterocycles. The summed E-state index contributed by atoms with van der Waals surface area (Å²) in [5, 5.41) is 1.22. The Labute approximate surface area is 152 Å². The number of ether oxygens (including phenoxy) is 1. The molecule has 0 saturated heterocycles. The highest BCUT2D eigenvalue weighted by Crippen LogP contribution is 2.21. The van der Waals surface area contributed by atoms with E-state index in [0.717, 1.165) is 5.56 Å². The highest BCUT2D eigenvalue weighted by molar-refractivity contribution is 6.50. The van der Waals surface area contributed by atoms with E-state index in [0.29, 0.717) is 21.5 Å². The molecular weight excluding hydrogens is 363 g/mol. The molecule has 0 spiro atoms. The van der Waals surface area contributed by atoms with Gasteiger partial charge in [0.2, 0.25) is 0 Å². The number of methoxy groups -OCH3 is 1. The van der Waals surface area contributed by atoms with Crippen LogP contribution < -0.4 is 5.56 Å². The maximum Gasteiger partial charge on any atom is 0.337 e. The summed E-state index contributed by atoms with van der Waals surface area (Å²) in [4.78, 5) is 30.9. The molecule has 0 atom stereocenters. The first-order valence-corrected chi connectivity index (χ1v) is 7.99. The smallest absolute Gasteiger partial charge is 0.337 e. The average Bonchev–Trinajstić information content (AvgIpc) is 2.62. The maximum atomic E-state index is 12.2. The molecule has 1 N–H and O–H groups in total. The lowest BCUT2D eigenvalue weighted by Gasteiger charge is -2.04. The van der Waals surface area contributed by atoms with Crippen molar-refractivity contribution in [2.45, 2.75) is 0 Å². The molecule has 25 heavy (non-hydrogen) atoms. The highest BCUT2D eigenvalue weighted by Gasteiger charge is 2.11. The second-order valence-corrected chi connectivity index (χ2v) is 6.03. The van der Waals surface area contributed by atoms with E-state index in [1.54, 1.807) is 30.3 Å². The van der Waals surface area contributed by atoms with Crippen molar-refractivity contribution in [2.24, 2.45) is 0 Å². The Morgan fingerprint density at radius 2 is 1.92 bits per heavy atom. The number of H-pyrrole nitrogens is 1. The van der Waals surface area contributed by atoms with Gasteiger partial charge in [-0.05, 0) is 42.0 Å². The van der Waals surface area contributed by atoms with Crippen LogP contribution in [-0.2, 0) is 4.74 Å². The van der Waals surface area contributed by atoms with Crippen molar-refractivity contribution in [2.75, 3.05) is 7.11 Å². The number of benzene rings is 2.